The van der Waals surface area contributed by atoms with E-state index in [0.29, 0.717) is 5.56 Å². The van der Waals surface area contributed by atoms with Crippen molar-refractivity contribution >= 4 is 23.2 Å². The largest absolute Gasteiger partial charge is 0.365 e. The maximum Gasteiger partial charge on any atom is 0.134 e. The summed E-state index contributed by atoms with van der Waals surface area (Å²) in [6.45, 7) is 8.46. The summed E-state index contributed by atoms with van der Waals surface area (Å²) in [5.74, 6) is -0.245. The van der Waals surface area contributed by atoms with Crippen LogP contribution < -0.4 is 4.90 Å². The molecule has 3 rings (SSSR count). The number of halogens is 1. The van der Waals surface area contributed by atoms with Gasteiger partial charge in [-0.05, 0) is 62.6 Å². The van der Waals surface area contributed by atoms with Gasteiger partial charge in [0.05, 0.1) is 11.2 Å². The molecular formula is C22H25FN2. The predicted octanol–water partition coefficient (Wildman–Crippen LogP) is 5.77. The van der Waals surface area contributed by atoms with Crippen molar-refractivity contribution in [2.75, 3.05) is 11.9 Å². The highest BCUT2D eigenvalue weighted by molar-refractivity contribution is 5.89. The Kier molecular flexibility index (Phi) is 4.51. The lowest BCUT2D eigenvalue weighted by atomic mass is 9.88. The van der Waals surface area contributed by atoms with E-state index >= 15 is 0 Å². The second kappa shape index (κ2) is 6.47. The summed E-state index contributed by atoms with van der Waals surface area (Å²) in [6.07, 6.45) is 4.83. The topological polar surface area (TPSA) is 15.6 Å². The van der Waals surface area contributed by atoms with Gasteiger partial charge >= 0.3 is 0 Å². The van der Waals surface area contributed by atoms with Crippen LogP contribution in [0.1, 0.15) is 44.4 Å². The van der Waals surface area contributed by atoms with Gasteiger partial charge in [-0.3, -0.25) is 4.99 Å². The molecule has 0 bridgehead atoms. The molecule has 0 atom stereocenters. The van der Waals surface area contributed by atoms with Gasteiger partial charge in [-0.15, -0.1) is 0 Å². The molecule has 2 aromatic carbocycles. The molecule has 130 valence electrons. The van der Waals surface area contributed by atoms with E-state index in [1.807, 2.05) is 25.2 Å². The van der Waals surface area contributed by atoms with Crippen molar-refractivity contribution in [3.8, 4) is 0 Å². The van der Waals surface area contributed by atoms with Crippen molar-refractivity contribution in [1.29, 1.82) is 0 Å². The average Bonchev–Trinajstić information content (AvgIpc) is 2.58. The maximum atomic E-state index is 14.6. The highest BCUT2D eigenvalue weighted by atomic mass is 19.1. The summed E-state index contributed by atoms with van der Waals surface area (Å²) in [4.78, 5) is 6.55. The van der Waals surface area contributed by atoms with Crippen LogP contribution in [0.2, 0.25) is 0 Å². The zero-order valence-electron chi connectivity index (χ0n) is 15.6. The molecule has 0 aliphatic carbocycles. The van der Waals surface area contributed by atoms with Crippen molar-refractivity contribution in [1.82, 2.24) is 0 Å². The minimum atomic E-state index is -0.245. The van der Waals surface area contributed by atoms with Crippen molar-refractivity contribution < 1.29 is 4.39 Å². The molecule has 0 amide bonds. The van der Waals surface area contributed by atoms with Gasteiger partial charge in [0, 0.05) is 30.1 Å². The smallest absolute Gasteiger partial charge is 0.134 e. The summed E-state index contributed by atoms with van der Waals surface area (Å²) in [5.41, 5.74) is 5.64. The Morgan fingerprint density at radius 1 is 1.16 bits per heavy atom. The summed E-state index contributed by atoms with van der Waals surface area (Å²) in [6, 6.07) is 11.6. The van der Waals surface area contributed by atoms with E-state index in [2.05, 4.69) is 55.8 Å². The molecule has 1 heterocycles. The fraction of sp³-hybridized carbons (Fsp3) is 0.318. The van der Waals surface area contributed by atoms with Gasteiger partial charge in [-0.25, -0.2) is 4.39 Å². The van der Waals surface area contributed by atoms with E-state index in [1.165, 1.54) is 11.1 Å². The predicted molar refractivity (Wildman–Crippen MR) is 106 cm³/mol. The molecule has 0 unspecified atom stereocenters. The van der Waals surface area contributed by atoms with Crippen molar-refractivity contribution in [3.05, 3.63) is 65.0 Å². The highest BCUT2D eigenvalue weighted by Gasteiger charge is 2.29. The molecule has 2 nitrogen and oxygen atoms in total. The zero-order chi connectivity index (χ0) is 18.2. The number of hydrogen-bond acceptors (Lipinski definition) is 2. The van der Waals surface area contributed by atoms with Crippen LogP contribution in [0.5, 0.6) is 0 Å². The second-order valence-electron chi connectivity index (χ2n) is 7.21. The van der Waals surface area contributed by atoms with Gasteiger partial charge in [0.1, 0.15) is 5.82 Å². The zero-order valence-corrected chi connectivity index (χ0v) is 15.6. The summed E-state index contributed by atoms with van der Waals surface area (Å²) in [7, 11) is 2.00. The molecule has 0 radical (unpaired) electrons. The Bertz CT molecular complexity index is 845. The minimum absolute atomic E-state index is 0.125. The van der Waals surface area contributed by atoms with Crippen LogP contribution in [0.15, 0.2) is 47.5 Å². The van der Waals surface area contributed by atoms with Crippen molar-refractivity contribution in [3.63, 3.8) is 0 Å². The van der Waals surface area contributed by atoms with Crippen LogP contribution in [0.4, 0.5) is 15.8 Å². The Morgan fingerprint density at radius 3 is 2.48 bits per heavy atom. The Hall–Kier alpha value is -2.42. The third kappa shape index (κ3) is 3.37. The van der Waals surface area contributed by atoms with Crippen LogP contribution in [-0.4, -0.2) is 18.8 Å². The number of hydrogen-bond donors (Lipinski definition) is 0. The van der Waals surface area contributed by atoms with Gasteiger partial charge in [-0.2, -0.15) is 0 Å². The van der Waals surface area contributed by atoms with E-state index in [9.17, 15) is 4.39 Å². The molecule has 25 heavy (non-hydrogen) atoms. The van der Waals surface area contributed by atoms with Gasteiger partial charge in [0.25, 0.3) is 0 Å². The molecule has 2 aromatic rings. The Labute approximate surface area is 149 Å². The van der Waals surface area contributed by atoms with E-state index in [-0.39, 0.29) is 11.4 Å². The first-order valence-electron chi connectivity index (χ1n) is 8.72. The molecule has 0 saturated carbocycles. The lowest BCUT2D eigenvalue weighted by molar-refractivity contribution is 0.589. The minimum Gasteiger partial charge on any atom is -0.365 e. The molecule has 0 N–H and O–H groups in total. The van der Waals surface area contributed by atoms with Gasteiger partial charge in [-0.1, -0.05) is 25.1 Å². The standard InChI is InChI=1S/C22H25FN2/c1-6-16-7-9-18(10-8-16)24-14-17-11-19-15(2)13-22(3,4)25(5)21(19)12-20(17)23/h7-14H,6H2,1-5H3. The van der Waals surface area contributed by atoms with Crippen LogP contribution in [0, 0.1) is 5.82 Å². The molecule has 0 aromatic heterocycles. The highest BCUT2D eigenvalue weighted by Crippen LogP contribution is 2.38. The molecule has 3 heteroatoms. The van der Waals surface area contributed by atoms with E-state index in [1.54, 1.807) is 12.3 Å². The monoisotopic (exact) mass is 336 g/mol. The van der Waals surface area contributed by atoms with Crippen molar-refractivity contribution in [2.24, 2.45) is 4.99 Å². The summed E-state index contributed by atoms with van der Waals surface area (Å²) in [5, 5.41) is 0. The first-order valence-corrected chi connectivity index (χ1v) is 8.72. The lowest BCUT2D eigenvalue weighted by Gasteiger charge is -2.40. The SMILES string of the molecule is CCc1ccc(N=Cc2cc3c(cc2F)N(C)C(C)(C)C=C3C)cc1. The number of allylic oxidation sites excluding steroid dienone is 1. The Balaban J connectivity index is 1.96. The summed E-state index contributed by atoms with van der Waals surface area (Å²) >= 11 is 0. The van der Waals surface area contributed by atoms with Crippen molar-refractivity contribution in [2.45, 2.75) is 39.7 Å². The Morgan fingerprint density at radius 2 is 1.84 bits per heavy atom. The third-order valence-electron chi connectivity index (χ3n) is 5.03. The quantitative estimate of drug-likeness (QED) is 0.650. The van der Waals surface area contributed by atoms with E-state index < -0.39 is 0 Å². The number of anilines is 1. The molecule has 0 saturated heterocycles. The second-order valence-corrected chi connectivity index (χ2v) is 7.21. The van der Waals surface area contributed by atoms with Gasteiger partial charge in [0.15, 0.2) is 0 Å². The maximum absolute atomic E-state index is 14.6. The molecule has 0 fully saturated rings. The average molecular weight is 336 g/mol. The van der Waals surface area contributed by atoms with E-state index in [4.69, 9.17) is 0 Å². The van der Waals surface area contributed by atoms with Crippen LogP contribution >= 0.6 is 0 Å². The number of rotatable bonds is 3. The molecule has 1 aliphatic heterocycles. The summed E-state index contributed by atoms with van der Waals surface area (Å²) < 4.78 is 14.6. The fourth-order valence-electron chi connectivity index (χ4n) is 3.25. The number of aryl methyl sites for hydroxylation is 1. The first kappa shape index (κ1) is 17.4. The van der Waals surface area contributed by atoms with Crippen LogP contribution in [0.3, 0.4) is 0 Å². The number of benzene rings is 2. The van der Waals surface area contributed by atoms with Crippen LogP contribution in [-0.2, 0) is 6.42 Å². The number of aliphatic imine (C=N–C) groups is 1. The third-order valence-corrected chi connectivity index (χ3v) is 5.03. The van der Waals surface area contributed by atoms with Gasteiger partial charge in [0.2, 0.25) is 0 Å². The molecule has 1 aliphatic rings. The number of fused-ring (bicyclic) bond motifs is 1. The fourth-order valence-corrected chi connectivity index (χ4v) is 3.25. The van der Waals surface area contributed by atoms with E-state index in [0.717, 1.165) is 23.4 Å². The number of nitrogens with zero attached hydrogens (tertiary/aromatic N) is 2. The van der Waals surface area contributed by atoms with Crippen LogP contribution in [0.25, 0.3) is 5.57 Å². The normalized spacial score (nSPS) is 16.1. The molecular weight excluding hydrogens is 311 g/mol. The van der Waals surface area contributed by atoms with Gasteiger partial charge < -0.3 is 4.90 Å². The first-order chi connectivity index (χ1) is 11.8. The molecule has 0 spiro atoms. The lowest BCUT2D eigenvalue weighted by Crippen LogP contribution is -2.42. The number of likely N-dealkylation sites (N-methyl/N-ethyl adjacent to an activating group) is 1.